The fraction of sp³-hybridized carbons (Fsp3) is 0.571. The van der Waals surface area contributed by atoms with Gasteiger partial charge >= 0.3 is 5.97 Å². The van der Waals surface area contributed by atoms with E-state index >= 15 is 0 Å². The lowest BCUT2D eigenvalue weighted by molar-refractivity contribution is -0.157. The number of thioether (sulfide) groups is 1. The highest BCUT2D eigenvalue weighted by Crippen LogP contribution is 2.56. The van der Waals surface area contributed by atoms with Gasteiger partial charge in [0.25, 0.3) is 5.91 Å². The molecule has 1 aromatic carbocycles. The minimum atomic E-state index is -1.09. The molecule has 1 aromatic rings. The number of anilines is 1. The molecule has 4 rings (SSSR count). The number of carbonyl (C=O) groups excluding carboxylic acids is 3. The Morgan fingerprint density at radius 3 is 2.68 bits per heavy atom. The summed E-state index contributed by atoms with van der Waals surface area (Å²) in [6.45, 7) is 1.61. The highest BCUT2D eigenvalue weighted by molar-refractivity contribution is 8.02. The van der Waals surface area contributed by atoms with Gasteiger partial charge in [-0.25, -0.2) is 4.79 Å². The molecule has 150 valence electrons. The van der Waals surface area contributed by atoms with Gasteiger partial charge in [-0.2, -0.15) is 0 Å². The van der Waals surface area contributed by atoms with Gasteiger partial charge in [0.15, 0.2) is 11.0 Å². The lowest BCUT2D eigenvalue weighted by atomic mass is 10.1. The summed E-state index contributed by atoms with van der Waals surface area (Å²) < 4.78 is 5.59. The lowest BCUT2D eigenvalue weighted by Gasteiger charge is -2.30. The second-order valence-corrected chi connectivity index (χ2v) is 9.15. The van der Waals surface area contributed by atoms with Gasteiger partial charge < -0.3 is 10.1 Å². The SMILES string of the molecule is CC(OC(=O)C12CCC(=O)N1c1ccccc1S2)C(=O)NC1CCCCCC1. The summed E-state index contributed by atoms with van der Waals surface area (Å²) in [5.74, 6) is -0.846. The molecular formula is C21H26N2O4S. The molecule has 1 N–H and O–H groups in total. The highest BCUT2D eigenvalue weighted by atomic mass is 32.2. The number of hydrogen-bond acceptors (Lipinski definition) is 5. The zero-order valence-corrected chi connectivity index (χ0v) is 16.9. The number of nitrogens with zero attached hydrogens (tertiary/aromatic N) is 1. The Kier molecular flexibility index (Phi) is 5.36. The van der Waals surface area contributed by atoms with Crippen molar-refractivity contribution in [2.24, 2.45) is 0 Å². The van der Waals surface area contributed by atoms with Crippen LogP contribution in [0.1, 0.15) is 58.3 Å². The first-order valence-electron chi connectivity index (χ1n) is 10.1. The van der Waals surface area contributed by atoms with Crippen molar-refractivity contribution in [2.45, 2.75) is 80.2 Å². The van der Waals surface area contributed by atoms with Crippen LogP contribution in [0.15, 0.2) is 29.2 Å². The predicted molar refractivity (Wildman–Crippen MR) is 107 cm³/mol. The van der Waals surface area contributed by atoms with Crippen molar-refractivity contribution < 1.29 is 19.1 Å². The van der Waals surface area contributed by atoms with Crippen molar-refractivity contribution in [1.82, 2.24) is 5.32 Å². The standard InChI is InChI=1S/C21H26N2O4S/c1-14(19(25)22-15-8-4-2-3-5-9-15)27-20(26)21-13-12-18(24)23(21)16-10-6-7-11-17(16)28-21/h6-7,10-11,14-15H,2-5,8-9,12-13H2,1H3,(H,22,25). The highest BCUT2D eigenvalue weighted by Gasteiger charge is 2.58. The molecule has 0 aromatic heterocycles. The molecule has 0 bridgehead atoms. The molecule has 2 fully saturated rings. The second kappa shape index (κ2) is 7.78. The first-order valence-corrected chi connectivity index (χ1v) is 11.0. The number of benzene rings is 1. The average molecular weight is 403 g/mol. The van der Waals surface area contributed by atoms with Gasteiger partial charge in [-0.1, -0.05) is 49.6 Å². The monoisotopic (exact) mass is 402 g/mol. The Balaban J connectivity index is 1.44. The smallest absolute Gasteiger partial charge is 0.344 e. The number of rotatable bonds is 4. The van der Waals surface area contributed by atoms with E-state index in [2.05, 4.69) is 5.32 Å². The van der Waals surface area contributed by atoms with Crippen LogP contribution in [0.4, 0.5) is 5.69 Å². The minimum Gasteiger partial charge on any atom is -0.450 e. The summed E-state index contributed by atoms with van der Waals surface area (Å²) in [6.07, 6.45) is 6.42. The van der Waals surface area contributed by atoms with Gasteiger partial charge in [-0.3, -0.25) is 14.5 Å². The van der Waals surface area contributed by atoms with E-state index in [1.807, 2.05) is 24.3 Å². The van der Waals surface area contributed by atoms with E-state index in [1.165, 1.54) is 24.6 Å². The van der Waals surface area contributed by atoms with Gasteiger partial charge in [0.1, 0.15) is 0 Å². The van der Waals surface area contributed by atoms with Crippen LogP contribution in [0.25, 0.3) is 0 Å². The number of carbonyl (C=O) groups is 3. The Labute approximate surface area is 169 Å². The van der Waals surface area contributed by atoms with Crippen LogP contribution >= 0.6 is 11.8 Å². The van der Waals surface area contributed by atoms with E-state index in [9.17, 15) is 14.4 Å². The van der Waals surface area contributed by atoms with Gasteiger partial charge in [-0.15, -0.1) is 0 Å². The van der Waals surface area contributed by atoms with Crippen LogP contribution in [-0.4, -0.2) is 34.8 Å². The molecule has 0 spiro atoms. The van der Waals surface area contributed by atoms with Crippen molar-refractivity contribution >= 4 is 35.2 Å². The normalized spacial score (nSPS) is 25.6. The summed E-state index contributed by atoms with van der Waals surface area (Å²) in [5, 5.41) is 3.03. The fourth-order valence-electron chi connectivity index (χ4n) is 4.32. The molecule has 0 radical (unpaired) electrons. The zero-order chi connectivity index (χ0) is 19.7. The van der Waals surface area contributed by atoms with E-state index in [1.54, 1.807) is 11.8 Å². The van der Waals surface area contributed by atoms with Crippen molar-refractivity contribution in [2.75, 3.05) is 4.90 Å². The summed E-state index contributed by atoms with van der Waals surface area (Å²) in [7, 11) is 0. The number of hydrogen-bond donors (Lipinski definition) is 1. The molecule has 2 heterocycles. The fourth-order valence-corrected chi connectivity index (χ4v) is 5.72. The largest absolute Gasteiger partial charge is 0.450 e. The lowest BCUT2D eigenvalue weighted by Crippen LogP contribution is -2.50. The Hall–Kier alpha value is -2.02. The topological polar surface area (TPSA) is 75.7 Å². The number of esters is 1. The quantitative estimate of drug-likeness (QED) is 0.617. The zero-order valence-electron chi connectivity index (χ0n) is 16.1. The molecule has 2 unspecified atom stereocenters. The predicted octanol–water partition coefficient (Wildman–Crippen LogP) is 3.39. The van der Waals surface area contributed by atoms with Gasteiger partial charge in [0.05, 0.1) is 5.69 Å². The third-order valence-electron chi connectivity index (χ3n) is 5.85. The summed E-state index contributed by atoms with van der Waals surface area (Å²) >= 11 is 1.36. The van der Waals surface area contributed by atoms with Crippen LogP contribution in [0.3, 0.4) is 0 Å². The molecule has 28 heavy (non-hydrogen) atoms. The Morgan fingerprint density at radius 1 is 1.21 bits per heavy atom. The van der Waals surface area contributed by atoms with Crippen LogP contribution < -0.4 is 10.2 Å². The number of fused-ring (bicyclic) bond motifs is 3. The average Bonchev–Trinajstić information content (AvgIpc) is 3.07. The van der Waals surface area contributed by atoms with E-state index in [0.717, 1.165) is 36.3 Å². The molecular weight excluding hydrogens is 376 g/mol. The van der Waals surface area contributed by atoms with Crippen LogP contribution in [0.5, 0.6) is 0 Å². The van der Waals surface area contributed by atoms with Gasteiger partial charge in [-0.05, 0) is 31.9 Å². The maximum atomic E-state index is 13.1. The van der Waals surface area contributed by atoms with E-state index < -0.39 is 16.9 Å². The number of nitrogens with one attached hydrogen (secondary N) is 1. The molecule has 3 aliphatic rings. The number of para-hydroxylation sites is 1. The molecule has 1 saturated heterocycles. The van der Waals surface area contributed by atoms with Crippen LogP contribution in [-0.2, 0) is 19.1 Å². The molecule has 1 saturated carbocycles. The van der Waals surface area contributed by atoms with Gasteiger partial charge in [0, 0.05) is 23.8 Å². The van der Waals surface area contributed by atoms with Crippen molar-refractivity contribution in [3.05, 3.63) is 24.3 Å². The summed E-state index contributed by atoms with van der Waals surface area (Å²) in [4.78, 5) is 39.5. The van der Waals surface area contributed by atoms with Crippen LogP contribution in [0.2, 0.25) is 0 Å². The summed E-state index contributed by atoms with van der Waals surface area (Å²) in [6, 6.07) is 7.66. The van der Waals surface area contributed by atoms with Crippen molar-refractivity contribution in [1.29, 1.82) is 0 Å². The first-order chi connectivity index (χ1) is 13.5. The molecule has 2 aliphatic heterocycles. The minimum absolute atomic E-state index is 0.0787. The Morgan fingerprint density at radius 2 is 1.93 bits per heavy atom. The van der Waals surface area contributed by atoms with Crippen LogP contribution in [0, 0.1) is 0 Å². The van der Waals surface area contributed by atoms with E-state index in [4.69, 9.17) is 4.74 Å². The van der Waals surface area contributed by atoms with E-state index in [0.29, 0.717) is 12.8 Å². The molecule has 1 aliphatic carbocycles. The molecule has 7 heteroatoms. The number of ether oxygens (including phenoxy) is 1. The first kappa shape index (κ1) is 19.3. The third-order valence-corrected chi connectivity index (χ3v) is 7.30. The Bertz CT molecular complexity index is 790. The van der Waals surface area contributed by atoms with Gasteiger partial charge in [0.2, 0.25) is 5.91 Å². The van der Waals surface area contributed by atoms with E-state index in [-0.39, 0.29) is 17.9 Å². The molecule has 2 amide bonds. The second-order valence-electron chi connectivity index (χ2n) is 7.83. The number of amides is 2. The molecule has 6 nitrogen and oxygen atoms in total. The molecule has 2 atom stereocenters. The van der Waals surface area contributed by atoms with Crippen molar-refractivity contribution in [3.8, 4) is 0 Å². The maximum absolute atomic E-state index is 13.1. The third kappa shape index (κ3) is 3.41. The maximum Gasteiger partial charge on any atom is 0.344 e. The van der Waals surface area contributed by atoms with Crippen molar-refractivity contribution in [3.63, 3.8) is 0 Å². The summed E-state index contributed by atoms with van der Waals surface area (Å²) in [5.41, 5.74) is 0.752.